The molecular formula is C21H20N4OS3. The lowest BCUT2D eigenvalue weighted by atomic mass is 10.2. The maximum atomic E-state index is 12.4. The van der Waals surface area contributed by atoms with Gasteiger partial charge in [-0.25, -0.2) is 0 Å². The van der Waals surface area contributed by atoms with Crippen molar-refractivity contribution >= 4 is 40.3 Å². The molecule has 0 spiro atoms. The molecule has 0 saturated heterocycles. The third-order valence-corrected chi connectivity index (χ3v) is 7.21. The number of aromatic nitrogens is 3. The molecule has 3 aromatic heterocycles. The van der Waals surface area contributed by atoms with Crippen molar-refractivity contribution in [2.24, 2.45) is 0 Å². The van der Waals surface area contributed by atoms with Gasteiger partial charge in [-0.2, -0.15) is 0 Å². The molecular weight excluding hydrogens is 420 g/mol. The standard InChI is InChI=1S/C21H20N4OS3/c1-15(17-9-5-11-27-17)22-19(26)14-29-21-24-23-20(18-10-6-12-28-18)25(21)13-16-7-3-2-4-8-16/h2-12,15H,13-14H2,1H3,(H,22,26). The maximum Gasteiger partial charge on any atom is 0.230 e. The van der Waals surface area contributed by atoms with E-state index < -0.39 is 0 Å². The van der Waals surface area contributed by atoms with Crippen LogP contribution in [0.25, 0.3) is 10.7 Å². The highest BCUT2D eigenvalue weighted by molar-refractivity contribution is 7.99. The molecule has 0 aliphatic rings. The number of carbonyl (C=O) groups is 1. The molecule has 1 N–H and O–H groups in total. The van der Waals surface area contributed by atoms with Gasteiger partial charge in [0.05, 0.1) is 23.2 Å². The summed E-state index contributed by atoms with van der Waals surface area (Å²) in [6, 6.07) is 18.3. The largest absolute Gasteiger partial charge is 0.348 e. The van der Waals surface area contributed by atoms with Crippen molar-refractivity contribution in [3.63, 3.8) is 0 Å². The summed E-state index contributed by atoms with van der Waals surface area (Å²) >= 11 is 4.70. The Hall–Kier alpha value is -2.42. The van der Waals surface area contributed by atoms with Crippen LogP contribution in [-0.4, -0.2) is 26.4 Å². The van der Waals surface area contributed by atoms with Crippen molar-refractivity contribution in [1.29, 1.82) is 0 Å². The van der Waals surface area contributed by atoms with Crippen LogP contribution in [0.5, 0.6) is 0 Å². The molecule has 4 aromatic rings. The van der Waals surface area contributed by atoms with Crippen LogP contribution in [0.3, 0.4) is 0 Å². The second-order valence-corrected chi connectivity index (χ2v) is 9.32. The highest BCUT2D eigenvalue weighted by Gasteiger charge is 2.17. The molecule has 0 radical (unpaired) electrons. The number of amides is 1. The molecule has 0 saturated carbocycles. The van der Waals surface area contributed by atoms with Crippen molar-refractivity contribution in [3.05, 3.63) is 75.8 Å². The fourth-order valence-electron chi connectivity index (χ4n) is 2.91. The van der Waals surface area contributed by atoms with Crippen molar-refractivity contribution in [2.75, 3.05) is 5.75 Å². The van der Waals surface area contributed by atoms with Crippen molar-refractivity contribution in [2.45, 2.75) is 24.7 Å². The summed E-state index contributed by atoms with van der Waals surface area (Å²) in [7, 11) is 0. The number of benzene rings is 1. The van der Waals surface area contributed by atoms with Crippen molar-refractivity contribution in [3.8, 4) is 10.7 Å². The van der Waals surface area contributed by atoms with Crippen LogP contribution >= 0.6 is 34.4 Å². The first-order chi connectivity index (χ1) is 14.2. The van der Waals surface area contributed by atoms with E-state index in [2.05, 4.69) is 32.2 Å². The Labute approximate surface area is 181 Å². The van der Waals surface area contributed by atoms with E-state index in [1.807, 2.05) is 60.1 Å². The molecule has 1 atom stereocenters. The average molecular weight is 441 g/mol. The third-order valence-electron chi connectivity index (χ3n) is 4.32. The third kappa shape index (κ3) is 4.95. The van der Waals surface area contributed by atoms with Crippen molar-refractivity contribution in [1.82, 2.24) is 20.1 Å². The first-order valence-corrected chi connectivity index (χ1v) is 11.9. The molecule has 8 heteroatoms. The lowest BCUT2D eigenvalue weighted by Gasteiger charge is -2.12. The van der Waals surface area contributed by atoms with Gasteiger partial charge in [-0.05, 0) is 35.4 Å². The van der Waals surface area contributed by atoms with Crippen LogP contribution in [0.1, 0.15) is 23.4 Å². The molecule has 1 aromatic carbocycles. The SMILES string of the molecule is CC(NC(=O)CSc1nnc(-c2cccs2)n1Cc1ccccc1)c1cccs1. The molecule has 0 fully saturated rings. The Morgan fingerprint density at radius 3 is 2.59 bits per heavy atom. The zero-order valence-corrected chi connectivity index (χ0v) is 18.3. The van der Waals surface area contributed by atoms with E-state index in [0.717, 1.165) is 20.7 Å². The minimum atomic E-state index is -0.0113. The molecule has 0 aliphatic heterocycles. The Kier molecular flexibility index (Phi) is 6.43. The van der Waals surface area contributed by atoms with Crippen LogP contribution in [0.2, 0.25) is 0 Å². The number of carbonyl (C=O) groups excluding carboxylic acids is 1. The predicted octanol–water partition coefficient (Wildman–Crippen LogP) is 5.09. The van der Waals surface area contributed by atoms with Crippen molar-refractivity contribution < 1.29 is 4.79 Å². The zero-order valence-electron chi connectivity index (χ0n) is 15.8. The summed E-state index contributed by atoms with van der Waals surface area (Å²) in [5.74, 6) is 1.12. The van der Waals surface area contributed by atoms with Gasteiger partial charge in [0.2, 0.25) is 5.91 Å². The minimum Gasteiger partial charge on any atom is -0.348 e. The number of rotatable bonds is 8. The van der Waals surface area contributed by atoms with Crippen LogP contribution in [0.4, 0.5) is 0 Å². The van der Waals surface area contributed by atoms with Crippen LogP contribution < -0.4 is 5.32 Å². The highest BCUT2D eigenvalue weighted by Crippen LogP contribution is 2.28. The molecule has 1 unspecified atom stereocenters. The van der Waals surface area contributed by atoms with E-state index in [9.17, 15) is 4.79 Å². The molecule has 29 heavy (non-hydrogen) atoms. The normalized spacial score (nSPS) is 12.0. The van der Waals surface area contributed by atoms with Gasteiger partial charge in [0.25, 0.3) is 0 Å². The zero-order chi connectivity index (χ0) is 20.1. The molecule has 0 bridgehead atoms. The van der Waals surface area contributed by atoms with Gasteiger partial charge in [0.1, 0.15) is 0 Å². The Balaban J connectivity index is 1.48. The first kappa shape index (κ1) is 19.9. The van der Waals surface area contributed by atoms with Gasteiger partial charge < -0.3 is 5.32 Å². The number of hydrogen-bond donors (Lipinski definition) is 1. The Morgan fingerprint density at radius 1 is 1.07 bits per heavy atom. The lowest BCUT2D eigenvalue weighted by molar-refractivity contribution is -0.119. The lowest BCUT2D eigenvalue weighted by Crippen LogP contribution is -2.27. The first-order valence-electron chi connectivity index (χ1n) is 9.17. The van der Waals surface area contributed by atoms with Gasteiger partial charge in [-0.1, -0.05) is 54.2 Å². The van der Waals surface area contributed by atoms with Gasteiger partial charge in [0, 0.05) is 4.88 Å². The van der Waals surface area contributed by atoms with Gasteiger partial charge in [0.15, 0.2) is 11.0 Å². The summed E-state index contributed by atoms with van der Waals surface area (Å²) in [4.78, 5) is 14.7. The molecule has 4 rings (SSSR count). The predicted molar refractivity (Wildman–Crippen MR) is 120 cm³/mol. The fourth-order valence-corrected chi connectivity index (χ4v) is 5.11. The molecule has 148 valence electrons. The van der Waals surface area contributed by atoms with E-state index in [1.165, 1.54) is 17.3 Å². The number of nitrogens with one attached hydrogen (secondary N) is 1. The highest BCUT2D eigenvalue weighted by atomic mass is 32.2. The second kappa shape index (κ2) is 9.39. The van der Waals surface area contributed by atoms with E-state index in [4.69, 9.17) is 0 Å². The van der Waals surface area contributed by atoms with E-state index in [1.54, 1.807) is 22.7 Å². The maximum absolute atomic E-state index is 12.4. The molecule has 3 heterocycles. The number of thiophene rings is 2. The number of hydrogen-bond acceptors (Lipinski definition) is 6. The molecule has 1 amide bonds. The van der Waals surface area contributed by atoms with Crippen LogP contribution in [-0.2, 0) is 11.3 Å². The topological polar surface area (TPSA) is 59.8 Å². The summed E-state index contributed by atoms with van der Waals surface area (Å²) in [6.07, 6.45) is 0. The van der Waals surface area contributed by atoms with E-state index in [0.29, 0.717) is 12.3 Å². The van der Waals surface area contributed by atoms with Gasteiger partial charge in [-0.15, -0.1) is 32.9 Å². The fraction of sp³-hybridized carbons (Fsp3) is 0.190. The Bertz CT molecular complexity index is 1040. The summed E-state index contributed by atoms with van der Waals surface area (Å²) in [5, 5.41) is 16.6. The van der Waals surface area contributed by atoms with Crippen LogP contribution in [0, 0.1) is 0 Å². The molecule has 5 nitrogen and oxygen atoms in total. The smallest absolute Gasteiger partial charge is 0.230 e. The average Bonchev–Trinajstić information content (AvgIpc) is 3.49. The van der Waals surface area contributed by atoms with Gasteiger partial charge in [-0.3, -0.25) is 9.36 Å². The Morgan fingerprint density at radius 2 is 1.86 bits per heavy atom. The van der Waals surface area contributed by atoms with E-state index >= 15 is 0 Å². The monoisotopic (exact) mass is 440 g/mol. The second-order valence-electron chi connectivity index (χ2n) is 6.45. The molecule has 0 aliphatic carbocycles. The van der Waals surface area contributed by atoms with Gasteiger partial charge >= 0.3 is 0 Å². The van der Waals surface area contributed by atoms with E-state index in [-0.39, 0.29) is 11.9 Å². The quantitative estimate of drug-likeness (QED) is 0.388. The summed E-state index contributed by atoms with van der Waals surface area (Å²) in [6.45, 7) is 2.66. The number of nitrogens with zero attached hydrogens (tertiary/aromatic N) is 3. The summed E-state index contributed by atoms with van der Waals surface area (Å²) < 4.78 is 2.09. The van der Waals surface area contributed by atoms with Crippen LogP contribution in [0.15, 0.2) is 70.5 Å². The number of thioether (sulfide) groups is 1. The minimum absolute atomic E-state index is 0.00645. The summed E-state index contributed by atoms with van der Waals surface area (Å²) in [5.41, 5.74) is 1.17.